The third kappa shape index (κ3) is 27.1. The number of aromatic nitrogens is 1. The SMILES string of the molecule is C=CC(=O)OCCC(=O)OCCCCCCOc1ccc(OOCC2CCC(C(=O)Oc3ccc(OC#CC4CCC(C(=O)Oc5ccc(OCCCCCCOC(=O)CCOC(=O)C=C)cc5)CC4)c(/C=N/N(CCCCCC)c4nc5ccccc5s4)c3)CC2)cc1. The van der Waals surface area contributed by atoms with Crippen molar-refractivity contribution in [1.29, 1.82) is 0 Å². The molecule has 1 heterocycles. The number of ether oxygens (including phenoxy) is 9. The van der Waals surface area contributed by atoms with E-state index in [9.17, 15) is 28.8 Å². The van der Waals surface area contributed by atoms with Crippen LogP contribution in [0.3, 0.4) is 0 Å². The molecule has 0 unspecified atom stereocenters. The van der Waals surface area contributed by atoms with E-state index in [1.54, 1.807) is 72.1 Å². The lowest BCUT2D eigenvalue weighted by Gasteiger charge is -2.26. The minimum absolute atomic E-state index is 0.00755. The average molecular weight is 1310 g/mol. The first kappa shape index (κ1) is 72.7. The molecule has 0 saturated heterocycles. The molecule has 21 heteroatoms. The van der Waals surface area contributed by atoms with Crippen molar-refractivity contribution >= 4 is 68.7 Å². The molecule has 0 N–H and O–H groups in total. The van der Waals surface area contributed by atoms with Gasteiger partial charge in [-0.15, -0.1) is 0 Å². The normalized spacial score (nSPS) is 15.9. The maximum atomic E-state index is 13.8. The first-order chi connectivity index (χ1) is 45.9. The first-order valence-electron chi connectivity index (χ1n) is 33.0. The number of nitrogens with zero attached hydrogens (tertiary/aromatic N) is 3. The van der Waals surface area contributed by atoms with Crippen LogP contribution < -0.4 is 33.6 Å². The Morgan fingerprint density at radius 1 is 0.585 bits per heavy atom. The van der Waals surface area contributed by atoms with Gasteiger partial charge < -0.3 is 47.5 Å². The summed E-state index contributed by atoms with van der Waals surface area (Å²) in [5.74, 6) is 3.65. The molecule has 2 aliphatic rings. The van der Waals surface area contributed by atoms with E-state index in [2.05, 4.69) is 38.2 Å². The summed E-state index contributed by atoms with van der Waals surface area (Å²) in [5, 5.41) is 7.69. The summed E-state index contributed by atoms with van der Waals surface area (Å²) < 4.78 is 50.8. The molecule has 0 atom stereocenters. The van der Waals surface area contributed by atoms with Crippen molar-refractivity contribution in [3.63, 3.8) is 0 Å². The molecule has 504 valence electrons. The van der Waals surface area contributed by atoms with Crippen molar-refractivity contribution in [2.75, 3.05) is 57.8 Å². The van der Waals surface area contributed by atoms with Crippen molar-refractivity contribution in [3.8, 4) is 46.5 Å². The molecule has 0 radical (unpaired) electrons. The molecule has 1 aromatic heterocycles. The van der Waals surface area contributed by atoms with E-state index in [4.69, 9.17) is 62.5 Å². The summed E-state index contributed by atoms with van der Waals surface area (Å²) >= 11 is 1.58. The highest BCUT2D eigenvalue weighted by atomic mass is 32.1. The van der Waals surface area contributed by atoms with Gasteiger partial charge in [0, 0.05) is 30.2 Å². The van der Waals surface area contributed by atoms with Crippen molar-refractivity contribution in [1.82, 2.24) is 4.98 Å². The number of benzene rings is 4. The molecule has 0 bridgehead atoms. The van der Waals surface area contributed by atoms with Crippen LogP contribution in [-0.2, 0) is 52.6 Å². The van der Waals surface area contributed by atoms with Gasteiger partial charge in [-0.2, -0.15) is 9.99 Å². The Labute approximate surface area is 555 Å². The van der Waals surface area contributed by atoms with Crippen molar-refractivity contribution in [3.05, 3.63) is 122 Å². The predicted octanol–water partition coefficient (Wildman–Crippen LogP) is 14.4. The largest absolute Gasteiger partial charge is 0.494 e. The predicted molar refractivity (Wildman–Crippen MR) is 357 cm³/mol. The standard InChI is InChI=1S/C73H89N3O17S/c1-4-7-8-15-43-76(73-75-64-20-13-14-21-66(64)94-73)74-52-58-51-63(92-72(82)57-28-24-55(25-29-57)53-90-93-62-36-32-60(33-37-62)84-45-17-10-12-19-47-87-70(80)42-50-89-68(78)6-3)38-39-65(58)85-48-40-54-22-26-56(27-23-54)71(81)91-61-34-30-59(31-35-61)83-44-16-9-11-18-46-86-69(79)41-49-88-67(77)5-2/h5-6,13-14,20-21,30-39,51-52,54-57H,2-4,7-12,15-19,22-29,41-47,49-50,53H2,1H3/b74-52+. The zero-order valence-corrected chi connectivity index (χ0v) is 54.8. The van der Waals surface area contributed by atoms with Gasteiger partial charge in [-0.3, -0.25) is 19.2 Å². The number of unbranched alkanes of at least 4 members (excludes halogenated alkanes) is 9. The maximum Gasteiger partial charge on any atom is 0.330 e. The van der Waals surface area contributed by atoms with Gasteiger partial charge in [-0.25, -0.2) is 19.6 Å². The first-order valence-corrected chi connectivity index (χ1v) is 33.8. The number of esters is 6. The van der Waals surface area contributed by atoms with Crippen molar-refractivity contribution in [2.24, 2.45) is 28.8 Å². The number of hydrogen-bond acceptors (Lipinski definition) is 21. The summed E-state index contributed by atoms with van der Waals surface area (Å²) in [7, 11) is 0. The summed E-state index contributed by atoms with van der Waals surface area (Å²) in [5.41, 5.74) is 1.48. The fourth-order valence-electron chi connectivity index (χ4n) is 10.4. The number of anilines is 1. The van der Waals surface area contributed by atoms with Gasteiger partial charge in [-0.05, 0) is 194 Å². The number of hydrogen-bond donors (Lipinski definition) is 0. The van der Waals surface area contributed by atoms with Crippen LogP contribution in [-0.4, -0.2) is 99.8 Å². The molecule has 2 aliphatic carbocycles. The van der Waals surface area contributed by atoms with Crippen LogP contribution >= 0.6 is 11.3 Å². The van der Waals surface area contributed by atoms with Gasteiger partial charge >= 0.3 is 35.8 Å². The second-order valence-corrected chi connectivity index (χ2v) is 24.1. The molecule has 2 saturated carbocycles. The molecule has 4 aromatic carbocycles. The van der Waals surface area contributed by atoms with E-state index in [0.29, 0.717) is 118 Å². The van der Waals surface area contributed by atoms with Crippen molar-refractivity contribution in [2.45, 2.75) is 148 Å². The Morgan fingerprint density at radius 3 is 1.70 bits per heavy atom. The third-order valence-electron chi connectivity index (χ3n) is 15.8. The number of para-hydroxylation sites is 1. The highest BCUT2D eigenvalue weighted by Gasteiger charge is 2.30. The second kappa shape index (κ2) is 41.8. The smallest absolute Gasteiger partial charge is 0.330 e. The Kier molecular flexibility index (Phi) is 32.3. The molecule has 2 fully saturated rings. The van der Waals surface area contributed by atoms with E-state index in [1.807, 2.05) is 35.3 Å². The van der Waals surface area contributed by atoms with E-state index >= 15 is 0 Å². The number of hydrazone groups is 1. The quantitative estimate of drug-likeness (QED) is 0.00407. The number of carbonyl (C=O) groups is 6. The van der Waals surface area contributed by atoms with Gasteiger partial charge in [0.05, 0.1) is 74.1 Å². The van der Waals surface area contributed by atoms with Crippen LogP contribution in [0, 0.1) is 35.7 Å². The lowest BCUT2D eigenvalue weighted by molar-refractivity contribution is -0.218. The van der Waals surface area contributed by atoms with E-state index in [-0.39, 0.29) is 61.7 Å². The molecule has 7 rings (SSSR count). The highest BCUT2D eigenvalue weighted by molar-refractivity contribution is 7.22. The Hall–Kier alpha value is -8.74. The van der Waals surface area contributed by atoms with E-state index in [0.717, 1.165) is 117 Å². The summed E-state index contributed by atoms with van der Waals surface area (Å²) in [6.07, 6.45) is 23.2. The zero-order valence-electron chi connectivity index (χ0n) is 54.0. The van der Waals surface area contributed by atoms with Gasteiger partial charge in [0.1, 0.15) is 48.1 Å². The molecule has 0 spiro atoms. The van der Waals surface area contributed by atoms with E-state index < -0.39 is 23.9 Å². The van der Waals surface area contributed by atoms with Gasteiger partial charge in [0.15, 0.2) is 5.75 Å². The molecule has 5 aromatic rings. The summed E-state index contributed by atoms with van der Waals surface area (Å²) in [6.45, 7) is 11.5. The van der Waals surface area contributed by atoms with E-state index in [1.165, 1.54) is 0 Å². The second-order valence-electron chi connectivity index (χ2n) is 23.1. The Bertz CT molecular complexity index is 3230. The lowest BCUT2D eigenvalue weighted by Crippen LogP contribution is -2.27. The molecular formula is C73H89N3O17S. The third-order valence-corrected chi connectivity index (χ3v) is 16.9. The topological polar surface area (TPSA) is 232 Å². The van der Waals surface area contributed by atoms with Crippen LogP contribution in [0.1, 0.15) is 154 Å². The lowest BCUT2D eigenvalue weighted by atomic mass is 9.82. The van der Waals surface area contributed by atoms with Gasteiger partial charge in [0.2, 0.25) is 5.13 Å². The maximum absolute atomic E-state index is 13.8. The minimum Gasteiger partial charge on any atom is -0.494 e. The number of fused-ring (bicyclic) bond motifs is 1. The number of rotatable bonds is 41. The summed E-state index contributed by atoms with van der Waals surface area (Å²) in [4.78, 5) is 88.9. The fourth-order valence-corrected chi connectivity index (χ4v) is 11.3. The minimum atomic E-state index is -0.572. The molecular weight excluding hydrogens is 1220 g/mol. The number of carbonyl (C=O) groups excluding carboxylic acids is 6. The van der Waals surface area contributed by atoms with Crippen LogP contribution in [0.4, 0.5) is 5.13 Å². The van der Waals surface area contributed by atoms with Crippen LogP contribution in [0.25, 0.3) is 10.2 Å². The summed E-state index contributed by atoms with van der Waals surface area (Å²) in [6, 6.07) is 27.5. The molecule has 94 heavy (non-hydrogen) atoms. The zero-order chi connectivity index (χ0) is 66.4. The van der Waals surface area contributed by atoms with Gasteiger partial charge in [-0.1, -0.05) is 68.7 Å². The van der Waals surface area contributed by atoms with Crippen LogP contribution in [0.5, 0.6) is 34.5 Å². The van der Waals surface area contributed by atoms with Gasteiger partial charge in [0.25, 0.3) is 0 Å². The molecule has 0 aliphatic heterocycles. The van der Waals surface area contributed by atoms with Crippen LogP contribution in [0.2, 0.25) is 0 Å². The Balaban J connectivity index is 0.834. The Morgan fingerprint density at radius 2 is 1.12 bits per heavy atom. The molecule has 20 nitrogen and oxygen atoms in total. The van der Waals surface area contributed by atoms with Crippen molar-refractivity contribution < 1.29 is 81.2 Å². The number of thiazole rings is 1. The monoisotopic (exact) mass is 1310 g/mol. The fraction of sp³-hybridized carbons (Fsp3) is 0.479. The average Bonchev–Trinajstić information content (AvgIpc) is 1.63. The highest BCUT2D eigenvalue weighted by Crippen LogP contribution is 2.34. The molecule has 0 amide bonds. The van der Waals surface area contributed by atoms with Crippen LogP contribution in [0.15, 0.2) is 121 Å².